The first kappa shape index (κ1) is 90.1. The van der Waals surface area contributed by atoms with Gasteiger partial charge in [-0.25, -0.2) is 9.13 Å². The van der Waals surface area contributed by atoms with Gasteiger partial charge in [0.25, 0.3) is 0 Å². The summed E-state index contributed by atoms with van der Waals surface area (Å²) in [7, 11) is -9.90. The lowest BCUT2D eigenvalue weighted by Crippen LogP contribution is -2.30. The maximum absolute atomic E-state index is 13.1. The van der Waals surface area contributed by atoms with E-state index in [0.717, 1.165) is 108 Å². The third-order valence-electron chi connectivity index (χ3n) is 17.3. The Hall–Kier alpha value is -1.94. The fourth-order valence-corrected chi connectivity index (χ4v) is 12.7. The van der Waals surface area contributed by atoms with Crippen LogP contribution in [0.5, 0.6) is 0 Å². The molecule has 0 saturated heterocycles. The summed E-state index contributed by atoms with van der Waals surface area (Å²) in [5.41, 5.74) is 0. The molecule has 19 heteroatoms. The summed E-state index contributed by atoms with van der Waals surface area (Å²) in [5, 5.41) is 10.6. The number of phosphoric ester groups is 2. The van der Waals surface area contributed by atoms with Gasteiger partial charge in [-0.3, -0.25) is 37.3 Å². The van der Waals surface area contributed by atoms with E-state index in [1.807, 2.05) is 0 Å². The zero-order valence-electron chi connectivity index (χ0n) is 59.9. The van der Waals surface area contributed by atoms with E-state index in [4.69, 9.17) is 37.0 Å². The van der Waals surface area contributed by atoms with Crippen LogP contribution in [0.2, 0.25) is 0 Å². The first-order valence-corrected chi connectivity index (χ1v) is 41.0. The molecule has 3 unspecified atom stereocenters. The molecule has 0 aromatic carbocycles. The zero-order valence-corrected chi connectivity index (χ0v) is 61.6. The van der Waals surface area contributed by atoms with Crippen LogP contribution in [0.3, 0.4) is 0 Å². The molecule has 0 fully saturated rings. The molecule has 546 valence electrons. The second kappa shape index (κ2) is 65.0. The fourth-order valence-electron chi connectivity index (χ4n) is 11.1. The molecular formula is C73H142O17P2. The van der Waals surface area contributed by atoms with Gasteiger partial charge in [-0.1, -0.05) is 324 Å². The number of unbranched alkanes of at least 4 members (excludes halogenated alkanes) is 41. The Morgan fingerprint density at radius 3 is 0.826 bits per heavy atom. The highest BCUT2D eigenvalue weighted by Crippen LogP contribution is 2.45. The predicted octanol–water partition coefficient (Wildman–Crippen LogP) is 21.2. The van der Waals surface area contributed by atoms with Gasteiger partial charge in [0.1, 0.15) is 19.3 Å². The van der Waals surface area contributed by atoms with Crippen LogP contribution >= 0.6 is 15.6 Å². The lowest BCUT2D eigenvalue weighted by Gasteiger charge is -2.21. The number of rotatable bonds is 72. The number of aliphatic hydroxyl groups excluding tert-OH is 1. The quantitative estimate of drug-likeness (QED) is 0.0222. The summed E-state index contributed by atoms with van der Waals surface area (Å²) in [6.07, 6.45) is 51.8. The number of esters is 4. The molecule has 0 aromatic rings. The van der Waals surface area contributed by atoms with Crippen molar-refractivity contribution in [1.29, 1.82) is 0 Å². The largest absolute Gasteiger partial charge is 0.472 e. The summed E-state index contributed by atoms with van der Waals surface area (Å²) in [5.74, 6) is -0.581. The third kappa shape index (κ3) is 65.4. The summed E-state index contributed by atoms with van der Waals surface area (Å²) in [4.78, 5) is 72.4. The van der Waals surface area contributed by atoms with Crippen LogP contribution in [0.15, 0.2) is 0 Å². The van der Waals surface area contributed by atoms with E-state index in [9.17, 15) is 43.2 Å². The maximum atomic E-state index is 13.1. The van der Waals surface area contributed by atoms with Crippen LogP contribution in [-0.4, -0.2) is 96.7 Å². The Kier molecular flexibility index (Phi) is 63.7. The topological polar surface area (TPSA) is 237 Å². The van der Waals surface area contributed by atoms with Crippen molar-refractivity contribution in [3.63, 3.8) is 0 Å². The molecule has 0 aliphatic rings. The Bertz CT molecular complexity index is 1790. The van der Waals surface area contributed by atoms with Gasteiger partial charge in [-0.05, 0) is 37.5 Å². The Morgan fingerprint density at radius 1 is 0.315 bits per heavy atom. The van der Waals surface area contributed by atoms with Gasteiger partial charge in [0.15, 0.2) is 12.2 Å². The van der Waals surface area contributed by atoms with Crippen molar-refractivity contribution < 1.29 is 80.2 Å². The van der Waals surface area contributed by atoms with E-state index in [0.29, 0.717) is 25.7 Å². The molecule has 0 bridgehead atoms. The normalized spacial score (nSPS) is 14.4. The Morgan fingerprint density at radius 2 is 0.554 bits per heavy atom. The third-order valence-corrected chi connectivity index (χ3v) is 19.2. The lowest BCUT2D eigenvalue weighted by atomic mass is 9.99. The number of ether oxygens (including phenoxy) is 4. The highest BCUT2D eigenvalue weighted by atomic mass is 31.2. The first-order valence-electron chi connectivity index (χ1n) is 38.0. The summed E-state index contributed by atoms with van der Waals surface area (Å²) in [6.45, 7) is 9.49. The molecule has 17 nitrogen and oxygen atoms in total. The number of carbonyl (C=O) groups is 4. The van der Waals surface area contributed by atoms with Gasteiger partial charge < -0.3 is 33.8 Å². The standard InChI is InChI=1S/C73H142O17P2/c1-7-10-12-14-15-16-17-18-19-20-21-22-23-24-25-30-33-39-45-51-57-72(77)90-69(62-84-71(76)56-50-44-38-32-29-27-26-28-31-36-42-47-53-65(4)5)64-88-92(81,82)86-60-67(74)59-85-91(79,80)87-63-68(61-83-70(75)55-49-41-13-11-8-2)89-73(78)58-52-46-40-35-34-37-43-48-54-66(6)9-3/h65-69,74H,7-64H2,1-6H3,(H,79,80)(H,81,82)/t66?,67-,68+,69+/m0/s1. The van der Waals surface area contributed by atoms with Crippen molar-refractivity contribution in [1.82, 2.24) is 0 Å². The molecule has 0 spiro atoms. The molecule has 0 amide bonds. The van der Waals surface area contributed by atoms with Gasteiger partial charge in [0, 0.05) is 25.7 Å². The second-order valence-corrected chi connectivity index (χ2v) is 30.0. The average Bonchev–Trinajstić information content (AvgIpc) is 1.57. The van der Waals surface area contributed by atoms with E-state index in [2.05, 4.69) is 41.5 Å². The second-order valence-electron chi connectivity index (χ2n) is 27.1. The van der Waals surface area contributed by atoms with E-state index in [1.165, 1.54) is 186 Å². The van der Waals surface area contributed by atoms with Crippen molar-refractivity contribution in [3.8, 4) is 0 Å². The predicted molar refractivity (Wildman–Crippen MR) is 372 cm³/mol. The molecule has 0 aromatic heterocycles. The SMILES string of the molecule is CCCCCCCCCCCCCCCCCCCCCCC(=O)O[C@H](COC(=O)CCCCCCCCCCCCCCC(C)C)COP(=O)(O)OC[C@@H](O)COP(=O)(O)OC[C@@H](COC(=O)CCCCCCC)OC(=O)CCCCCCCCCCC(C)CC. The van der Waals surface area contributed by atoms with Crippen LogP contribution < -0.4 is 0 Å². The van der Waals surface area contributed by atoms with Crippen LogP contribution in [-0.2, 0) is 65.4 Å². The number of phosphoric acid groups is 2. The van der Waals surface area contributed by atoms with Gasteiger partial charge in [-0.15, -0.1) is 0 Å². The number of hydrogen-bond acceptors (Lipinski definition) is 15. The van der Waals surface area contributed by atoms with Gasteiger partial charge >= 0.3 is 39.5 Å². The van der Waals surface area contributed by atoms with Crippen LogP contribution in [0.1, 0.15) is 375 Å². The van der Waals surface area contributed by atoms with Crippen molar-refractivity contribution in [2.75, 3.05) is 39.6 Å². The molecule has 0 aliphatic carbocycles. The van der Waals surface area contributed by atoms with E-state index in [-0.39, 0.29) is 25.7 Å². The molecular weight excluding hydrogens is 1210 g/mol. The highest BCUT2D eigenvalue weighted by molar-refractivity contribution is 7.47. The lowest BCUT2D eigenvalue weighted by molar-refractivity contribution is -0.161. The van der Waals surface area contributed by atoms with Crippen molar-refractivity contribution in [3.05, 3.63) is 0 Å². The molecule has 92 heavy (non-hydrogen) atoms. The minimum atomic E-state index is -4.95. The van der Waals surface area contributed by atoms with Gasteiger partial charge in [0.2, 0.25) is 0 Å². The van der Waals surface area contributed by atoms with Crippen molar-refractivity contribution in [2.24, 2.45) is 11.8 Å². The smallest absolute Gasteiger partial charge is 0.462 e. The summed E-state index contributed by atoms with van der Waals surface area (Å²) >= 11 is 0. The maximum Gasteiger partial charge on any atom is 0.472 e. The van der Waals surface area contributed by atoms with Gasteiger partial charge in [-0.2, -0.15) is 0 Å². The number of carbonyl (C=O) groups excluding carboxylic acids is 4. The molecule has 0 radical (unpaired) electrons. The summed E-state index contributed by atoms with van der Waals surface area (Å²) < 4.78 is 68.2. The molecule has 0 heterocycles. The minimum Gasteiger partial charge on any atom is -0.462 e. The zero-order chi connectivity index (χ0) is 67.9. The van der Waals surface area contributed by atoms with Crippen LogP contribution in [0.25, 0.3) is 0 Å². The summed E-state index contributed by atoms with van der Waals surface area (Å²) in [6, 6.07) is 0. The fraction of sp³-hybridized carbons (Fsp3) is 0.945. The van der Waals surface area contributed by atoms with Crippen LogP contribution in [0.4, 0.5) is 0 Å². The number of hydrogen-bond donors (Lipinski definition) is 3. The molecule has 0 saturated carbocycles. The molecule has 3 N–H and O–H groups in total. The Labute approximate surface area is 562 Å². The van der Waals surface area contributed by atoms with Crippen molar-refractivity contribution in [2.45, 2.75) is 394 Å². The molecule has 0 rings (SSSR count). The van der Waals surface area contributed by atoms with Gasteiger partial charge in [0.05, 0.1) is 26.4 Å². The Balaban J connectivity index is 5.14. The molecule has 0 aliphatic heterocycles. The van der Waals surface area contributed by atoms with Crippen molar-refractivity contribution >= 4 is 39.5 Å². The number of aliphatic hydroxyl groups is 1. The molecule has 6 atom stereocenters. The van der Waals surface area contributed by atoms with E-state index < -0.39 is 97.5 Å². The van der Waals surface area contributed by atoms with E-state index in [1.54, 1.807) is 0 Å². The average molecular weight is 1350 g/mol. The first-order chi connectivity index (χ1) is 44.4. The highest BCUT2D eigenvalue weighted by Gasteiger charge is 2.30. The minimum absolute atomic E-state index is 0.104. The van der Waals surface area contributed by atoms with Crippen LogP contribution in [0, 0.1) is 11.8 Å². The van der Waals surface area contributed by atoms with E-state index >= 15 is 0 Å². The monoisotopic (exact) mass is 1350 g/mol.